The average Bonchev–Trinajstić information content (AvgIpc) is 2.55. The highest BCUT2D eigenvalue weighted by atomic mass is 16.3. The minimum absolute atomic E-state index is 0.122. The zero-order valence-electron chi connectivity index (χ0n) is 12.6. The normalized spacial score (nSPS) is 20.3. The topological polar surface area (TPSA) is 55.8 Å². The lowest BCUT2D eigenvalue weighted by Crippen LogP contribution is -2.43. The average molecular weight is 271 g/mol. The summed E-state index contributed by atoms with van der Waals surface area (Å²) in [6.45, 7) is 11.5. The van der Waals surface area contributed by atoms with Crippen LogP contribution in [-0.4, -0.2) is 72.7 Å². The Morgan fingerprint density at radius 3 is 2.42 bits per heavy atom. The first kappa shape index (κ1) is 16.4. The molecule has 1 saturated heterocycles. The Balaban J connectivity index is 2.30. The van der Waals surface area contributed by atoms with E-state index in [1.165, 1.54) is 0 Å². The van der Waals surface area contributed by atoms with E-state index in [-0.39, 0.29) is 18.6 Å². The molecule has 1 aliphatic rings. The lowest BCUT2D eigenvalue weighted by molar-refractivity contribution is -0.123. The van der Waals surface area contributed by atoms with Gasteiger partial charge in [0.25, 0.3) is 0 Å². The Bertz CT molecular complexity index is 271. The van der Waals surface area contributed by atoms with E-state index in [0.29, 0.717) is 12.5 Å². The van der Waals surface area contributed by atoms with Crippen molar-refractivity contribution >= 4 is 5.91 Å². The number of β-amino-alcohol motifs (C(OH)–C–C–N with tert-alkyl or cyclic N) is 1. The van der Waals surface area contributed by atoms with Crippen molar-refractivity contribution in [3.05, 3.63) is 0 Å². The van der Waals surface area contributed by atoms with E-state index in [9.17, 15) is 4.79 Å². The van der Waals surface area contributed by atoms with E-state index >= 15 is 0 Å². The Morgan fingerprint density at radius 2 is 1.79 bits per heavy atom. The van der Waals surface area contributed by atoms with Crippen molar-refractivity contribution < 1.29 is 9.90 Å². The SMILES string of the molecule is CC(C)C(C)NC(=O)CN1CCCN(CCO)CC1. The van der Waals surface area contributed by atoms with Gasteiger partial charge in [0.1, 0.15) is 0 Å². The third kappa shape index (κ3) is 6.36. The summed E-state index contributed by atoms with van der Waals surface area (Å²) in [5.41, 5.74) is 0. The van der Waals surface area contributed by atoms with E-state index in [4.69, 9.17) is 5.11 Å². The summed E-state index contributed by atoms with van der Waals surface area (Å²) in [6, 6.07) is 0.227. The van der Waals surface area contributed by atoms with Crippen molar-refractivity contribution in [1.29, 1.82) is 0 Å². The molecule has 0 aromatic rings. The fourth-order valence-electron chi connectivity index (χ4n) is 2.22. The zero-order chi connectivity index (χ0) is 14.3. The molecule has 0 aromatic heterocycles. The second kappa shape index (κ2) is 8.51. The van der Waals surface area contributed by atoms with Crippen LogP contribution in [0.5, 0.6) is 0 Å². The molecule has 0 bridgehead atoms. The molecule has 2 N–H and O–H groups in total. The molecule has 0 aromatic carbocycles. The van der Waals surface area contributed by atoms with Gasteiger partial charge in [-0.3, -0.25) is 14.6 Å². The molecule has 19 heavy (non-hydrogen) atoms. The summed E-state index contributed by atoms with van der Waals surface area (Å²) in [5.74, 6) is 0.588. The highest BCUT2D eigenvalue weighted by Gasteiger charge is 2.18. The lowest BCUT2D eigenvalue weighted by Gasteiger charge is -2.23. The summed E-state index contributed by atoms with van der Waals surface area (Å²) in [7, 11) is 0. The van der Waals surface area contributed by atoms with Crippen molar-refractivity contribution in [2.24, 2.45) is 5.92 Å². The zero-order valence-corrected chi connectivity index (χ0v) is 12.6. The summed E-state index contributed by atoms with van der Waals surface area (Å²) >= 11 is 0. The van der Waals surface area contributed by atoms with E-state index < -0.39 is 0 Å². The molecule has 1 rings (SSSR count). The molecule has 1 unspecified atom stereocenters. The summed E-state index contributed by atoms with van der Waals surface area (Å²) in [4.78, 5) is 16.4. The molecule has 0 radical (unpaired) electrons. The van der Waals surface area contributed by atoms with Gasteiger partial charge < -0.3 is 10.4 Å². The molecule has 1 heterocycles. The first-order chi connectivity index (χ1) is 9.02. The van der Waals surface area contributed by atoms with E-state index in [1.54, 1.807) is 0 Å². The van der Waals surface area contributed by atoms with Gasteiger partial charge in [-0.2, -0.15) is 0 Å². The number of hydrogen-bond acceptors (Lipinski definition) is 4. The smallest absolute Gasteiger partial charge is 0.234 e. The third-order valence-electron chi connectivity index (χ3n) is 3.85. The van der Waals surface area contributed by atoms with Crippen molar-refractivity contribution in [2.75, 3.05) is 45.9 Å². The molecule has 112 valence electrons. The van der Waals surface area contributed by atoms with Crippen LogP contribution in [0.25, 0.3) is 0 Å². The van der Waals surface area contributed by atoms with Gasteiger partial charge in [-0.1, -0.05) is 13.8 Å². The van der Waals surface area contributed by atoms with Gasteiger partial charge in [0.05, 0.1) is 13.2 Å². The Hall–Kier alpha value is -0.650. The largest absolute Gasteiger partial charge is 0.395 e. The molecule has 1 amide bonds. The maximum atomic E-state index is 11.9. The van der Waals surface area contributed by atoms with Gasteiger partial charge in [-0.15, -0.1) is 0 Å². The number of nitrogens with one attached hydrogen (secondary N) is 1. The molecule has 1 fully saturated rings. The highest BCUT2D eigenvalue weighted by Crippen LogP contribution is 2.03. The molecule has 1 atom stereocenters. The standard InChI is InChI=1S/C14H29N3O2/c1-12(2)13(3)15-14(19)11-17-6-4-5-16(7-8-17)9-10-18/h12-13,18H,4-11H2,1-3H3,(H,15,19). The van der Waals surface area contributed by atoms with Crippen molar-refractivity contribution in [3.8, 4) is 0 Å². The van der Waals surface area contributed by atoms with Crippen LogP contribution in [0, 0.1) is 5.92 Å². The monoisotopic (exact) mass is 271 g/mol. The summed E-state index contributed by atoms with van der Waals surface area (Å²) < 4.78 is 0. The second-order valence-corrected chi connectivity index (χ2v) is 5.80. The number of carbonyl (C=O) groups is 1. The van der Waals surface area contributed by atoms with Gasteiger partial charge in [-0.25, -0.2) is 0 Å². The number of carbonyl (C=O) groups excluding carboxylic acids is 1. The van der Waals surface area contributed by atoms with Crippen LogP contribution < -0.4 is 5.32 Å². The van der Waals surface area contributed by atoms with Crippen LogP contribution in [-0.2, 0) is 4.79 Å². The summed E-state index contributed by atoms with van der Waals surface area (Å²) in [5, 5.41) is 12.0. The second-order valence-electron chi connectivity index (χ2n) is 5.80. The first-order valence-corrected chi connectivity index (χ1v) is 7.38. The third-order valence-corrected chi connectivity index (χ3v) is 3.85. The molecule has 0 spiro atoms. The minimum atomic E-state index is 0.122. The number of nitrogens with zero attached hydrogens (tertiary/aromatic N) is 2. The predicted molar refractivity (Wildman–Crippen MR) is 77.0 cm³/mol. The molecule has 1 aliphatic heterocycles. The number of aliphatic hydroxyl groups excluding tert-OH is 1. The van der Waals surface area contributed by atoms with Crippen LogP contribution in [0.1, 0.15) is 27.2 Å². The van der Waals surface area contributed by atoms with Crippen molar-refractivity contribution in [1.82, 2.24) is 15.1 Å². The van der Waals surface area contributed by atoms with Crippen LogP contribution in [0.4, 0.5) is 0 Å². The Kier molecular flexibility index (Phi) is 7.34. The number of rotatable bonds is 6. The Labute approximate surface area is 117 Å². The van der Waals surface area contributed by atoms with Crippen molar-refractivity contribution in [3.63, 3.8) is 0 Å². The molecule has 5 nitrogen and oxygen atoms in total. The maximum Gasteiger partial charge on any atom is 0.234 e. The number of amides is 1. The van der Waals surface area contributed by atoms with Crippen LogP contribution in [0.2, 0.25) is 0 Å². The fraction of sp³-hybridized carbons (Fsp3) is 0.929. The Morgan fingerprint density at radius 1 is 1.16 bits per heavy atom. The minimum Gasteiger partial charge on any atom is -0.395 e. The molecular formula is C14H29N3O2. The van der Waals surface area contributed by atoms with Crippen LogP contribution in [0.15, 0.2) is 0 Å². The van der Waals surface area contributed by atoms with E-state index in [1.807, 2.05) is 6.92 Å². The first-order valence-electron chi connectivity index (χ1n) is 7.38. The van der Waals surface area contributed by atoms with E-state index in [0.717, 1.165) is 39.1 Å². The molecule has 0 saturated carbocycles. The van der Waals surface area contributed by atoms with Crippen molar-refractivity contribution in [2.45, 2.75) is 33.2 Å². The predicted octanol–water partition coefficient (Wildman–Crippen LogP) is 0.147. The van der Waals surface area contributed by atoms with E-state index in [2.05, 4.69) is 29.0 Å². The molecule has 5 heteroatoms. The quantitative estimate of drug-likeness (QED) is 0.722. The number of hydrogen-bond donors (Lipinski definition) is 2. The van der Waals surface area contributed by atoms with Gasteiger partial charge in [0, 0.05) is 25.7 Å². The van der Waals surface area contributed by atoms with Gasteiger partial charge in [0.15, 0.2) is 0 Å². The lowest BCUT2D eigenvalue weighted by atomic mass is 10.1. The van der Waals surface area contributed by atoms with Crippen LogP contribution >= 0.6 is 0 Å². The number of aliphatic hydroxyl groups is 1. The maximum absolute atomic E-state index is 11.9. The highest BCUT2D eigenvalue weighted by molar-refractivity contribution is 5.78. The molecular weight excluding hydrogens is 242 g/mol. The van der Waals surface area contributed by atoms with Gasteiger partial charge in [0.2, 0.25) is 5.91 Å². The van der Waals surface area contributed by atoms with Crippen LogP contribution in [0.3, 0.4) is 0 Å². The summed E-state index contributed by atoms with van der Waals surface area (Å²) in [6.07, 6.45) is 1.06. The van der Waals surface area contributed by atoms with Gasteiger partial charge in [-0.05, 0) is 32.4 Å². The molecule has 0 aliphatic carbocycles. The fourth-order valence-corrected chi connectivity index (χ4v) is 2.22. The van der Waals surface area contributed by atoms with Gasteiger partial charge >= 0.3 is 0 Å².